The van der Waals surface area contributed by atoms with Gasteiger partial charge in [0.25, 0.3) is 0 Å². The summed E-state index contributed by atoms with van der Waals surface area (Å²) in [4.78, 5) is 12.0. The zero-order valence-corrected chi connectivity index (χ0v) is 14.2. The van der Waals surface area contributed by atoms with Crippen molar-refractivity contribution in [2.45, 2.75) is 38.1 Å². The lowest BCUT2D eigenvalue weighted by Crippen LogP contribution is -2.44. The number of carbonyl (C=O) groups excluding carboxylic acids is 1. The molecular weight excluding hydrogens is 304 g/mol. The Morgan fingerprint density at radius 3 is 2.79 bits per heavy atom. The highest BCUT2D eigenvalue weighted by atomic mass is 16.3. The lowest BCUT2D eigenvalue weighted by molar-refractivity contribution is 0.174. The van der Waals surface area contributed by atoms with Gasteiger partial charge >= 0.3 is 6.03 Å². The Labute approximate surface area is 142 Å². The van der Waals surface area contributed by atoms with Gasteiger partial charge in [-0.1, -0.05) is 18.2 Å². The third kappa shape index (κ3) is 3.87. The van der Waals surface area contributed by atoms with E-state index in [0.717, 1.165) is 42.3 Å². The normalized spacial score (nSPS) is 20.9. The molecule has 0 aliphatic heterocycles. The molecule has 1 aliphatic rings. The minimum Gasteiger partial charge on any atom is -0.396 e. The van der Waals surface area contributed by atoms with Gasteiger partial charge in [-0.2, -0.15) is 5.10 Å². The molecule has 24 heavy (non-hydrogen) atoms. The molecule has 3 rings (SSSR count). The first-order chi connectivity index (χ1) is 11.7. The van der Waals surface area contributed by atoms with Crippen molar-refractivity contribution in [3.63, 3.8) is 0 Å². The van der Waals surface area contributed by atoms with E-state index in [1.807, 2.05) is 23.9 Å². The van der Waals surface area contributed by atoms with Crippen LogP contribution in [0.2, 0.25) is 0 Å². The number of carbonyl (C=O) groups is 1. The van der Waals surface area contributed by atoms with Gasteiger partial charge in [0, 0.05) is 38.0 Å². The zero-order chi connectivity index (χ0) is 16.9. The van der Waals surface area contributed by atoms with Gasteiger partial charge in [-0.05, 0) is 37.7 Å². The number of rotatable bonds is 5. The van der Waals surface area contributed by atoms with Crippen LogP contribution in [0.4, 0.5) is 4.79 Å². The van der Waals surface area contributed by atoms with Gasteiger partial charge in [-0.15, -0.1) is 0 Å². The zero-order valence-electron chi connectivity index (χ0n) is 14.2. The minimum absolute atomic E-state index is 0.109. The number of fused-ring (bicyclic) bond motifs is 1. The van der Waals surface area contributed by atoms with Crippen molar-refractivity contribution < 1.29 is 9.90 Å². The number of amides is 2. The van der Waals surface area contributed by atoms with Gasteiger partial charge in [0.2, 0.25) is 0 Å². The summed E-state index contributed by atoms with van der Waals surface area (Å²) in [6.07, 6.45) is 4.59. The number of hydrogen-bond acceptors (Lipinski definition) is 3. The number of aliphatic hydroxyl groups is 1. The number of para-hydroxylation sites is 1. The van der Waals surface area contributed by atoms with Crippen LogP contribution < -0.4 is 10.6 Å². The van der Waals surface area contributed by atoms with Crippen molar-refractivity contribution >= 4 is 16.9 Å². The highest BCUT2D eigenvalue weighted by Crippen LogP contribution is 2.23. The van der Waals surface area contributed by atoms with Crippen LogP contribution in [0.3, 0.4) is 0 Å². The molecule has 0 saturated heterocycles. The van der Waals surface area contributed by atoms with Crippen molar-refractivity contribution in [2.75, 3.05) is 13.2 Å². The van der Waals surface area contributed by atoms with Crippen LogP contribution >= 0.6 is 0 Å². The van der Waals surface area contributed by atoms with Crippen LogP contribution in [0.15, 0.2) is 24.3 Å². The van der Waals surface area contributed by atoms with E-state index < -0.39 is 0 Å². The number of benzene rings is 1. The molecule has 1 saturated carbocycles. The molecule has 1 fully saturated rings. The summed E-state index contributed by atoms with van der Waals surface area (Å²) < 4.78 is 1.88. The Morgan fingerprint density at radius 2 is 2.04 bits per heavy atom. The summed E-state index contributed by atoms with van der Waals surface area (Å²) in [5.41, 5.74) is 2.12. The second-order valence-electron chi connectivity index (χ2n) is 6.64. The summed E-state index contributed by atoms with van der Waals surface area (Å²) in [6.45, 7) is 0.829. The van der Waals surface area contributed by atoms with Crippen molar-refractivity contribution in [2.24, 2.45) is 13.0 Å². The van der Waals surface area contributed by atoms with Gasteiger partial charge in [0.1, 0.15) is 0 Å². The molecule has 6 nitrogen and oxygen atoms in total. The second-order valence-corrected chi connectivity index (χ2v) is 6.64. The summed E-state index contributed by atoms with van der Waals surface area (Å²) in [5, 5.41) is 20.8. The smallest absolute Gasteiger partial charge is 0.315 e. The van der Waals surface area contributed by atoms with E-state index in [4.69, 9.17) is 5.11 Å². The van der Waals surface area contributed by atoms with Gasteiger partial charge < -0.3 is 15.7 Å². The molecular formula is C18H26N4O2. The molecule has 6 heteroatoms. The van der Waals surface area contributed by atoms with Crippen LogP contribution in [0, 0.1) is 5.92 Å². The standard InChI is InChI=1S/C18H26N4O2/c1-22-17-5-3-2-4-15(17)16(21-22)10-11-19-18(24)20-14-8-6-13(12-23)7-9-14/h2-5,13-14,23H,6-12H2,1H3,(H2,19,20,24). The molecule has 0 radical (unpaired) electrons. The quantitative estimate of drug-likeness (QED) is 0.784. The Balaban J connectivity index is 1.45. The predicted octanol–water partition coefficient (Wildman–Crippen LogP) is 1.97. The summed E-state index contributed by atoms with van der Waals surface area (Å²) in [5.74, 6) is 0.406. The van der Waals surface area contributed by atoms with Crippen molar-refractivity contribution in [1.82, 2.24) is 20.4 Å². The second kappa shape index (κ2) is 7.66. The van der Waals surface area contributed by atoms with Crippen molar-refractivity contribution in [3.05, 3.63) is 30.0 Å². The van der Waals surface area contributed by atoms with E-state index in [1.165, 1.54) is 0 Å². The minimum atomic E-state index is -0.109. The van der Waals surface area contributed by atoms with Crippen LogP contribution in [0.25, 0.3) is 10.9 Å². The lowest BCUT2D eigenvalue weighted by atomic mass is 9.87. The highest BCUT2D eigenvalue weighted by Gasteiger charge is 2.21. The van der Waals surface area contributed by atoms with Crippen molar-refractivity contribution in [1.29, 1.82) is 0 Å². The number of urea groups is 1. The summed E-state index contributed by atoms with van der Waals surface area (Å²) in [6, 6.07) is 8.25. The molecule has 1 aromatic heterocycles. The molecule has 130 valence electrons. The maximum absolute atomic E-state index is 12.0. The fraction of sp³-hybridized carbons (Fsp3) is 0.556. The number of aliphatic hydroxyl groups excluding tert-OH is 1. The summed E-state index contributed by atoms with van der Waals surface area (Å²) in [7, 11) is 1.94. The molecule has 3 N–H and O–H groups in total. The molecule has 0 bridgehead atoms. The maximum atomic E-state index is 12.0. The molecule has 0 spiro atoms. The molecule has 2 aromatic rings. The Bertz CT molecular complexity index is 689. The highest BCUT2D eigenvalue weighted by molar-refractivity contribution is 5.82. The fourth-order valence-corrected chi connectivity index (χ4v) is 3.49. The average Bonchev–Trinajstić information content (AvgIpc) is 2.92. The third-order valence-electron chi connectivity index (χ3n) is 4.92. The van der Waals surface area contributed by atoms with E-state index in [1.54, 1.807) is 0 Å². The first-order valence-electron chi connectivity index (χ1n) is 8.73. The number of hydrogen-bond donors (Lipinski definition) is 3. The lowest BCUT2D eigenvalue weighted by Gasteiger charge is -2.27. The number of aromatic nitrogens is 2. The van der Waals surface area contributed by atoms with Crippen LogP contribution in [-0.2, 0) is 13.5 Å². The van der Waals surface area contributed by atoms with E-state index in [0.29, 0.717) is 18.9 Å². The Kier molecular flexibility index (Phi) is 5.35. The van der Waals surface area contributed by atoms with Gasteiger partial charge in [0.05, 0.1) is 11.2 Å². The average molecular weight is 330 g/mol. The molecule has 1 aromatic carbocycles. The largest absolute Gasteiger partial charge is 0.396 e. The SMILES string of the molecule is Cn1nc(CCNC(=O)NC2CCC(CO)CC2)c2ccccc21. The molecule has 0 atom stereocenters. The monoisotopic (exact) mass is 330 g/mol. The van der Waals surface area contributed by atoms with E-state index in [9.17, 15) is 4.79 Å². The Hall–Kier alpha value is -2.08. The summed E-state index contributed by atoms with van der Waals surface area (Å²) >= 11 is 0. The molecule has 1 aliphatic carbocycles. The van der Waals surface area contributed by atoms with E-state index >= 15 is 0 Å². The fourth-order valence-electron chi connectivity index (χ4n) is 3.49. The van der Waals surface area contributed by atoms with E-state index in [-0.39, 0.29) is 18.7 Å². The van der Waals surface area contributed by atoms with Gasteiger partial charge in [0.15, 0.2) is 0 Å². The molecule has 2 amide bonds. The van der Waals surface area contributed by atoms with Crippen LogP contribution in [0.1, 0.15) is 31.4 Å². The number of nitrogens with zero attached hydrogens (tertiary/aromatic N) is 2. The molecule has 0 unspecified atom stereocenters. The van der Waals surface area contributed by atoms with Gasteiger partial charge in [-0.25, -0.2) is 4.79 Å². The number of nitrogens with one attached hydrogen (secondary N) is 2. The van der Waals surface area contributed by atoms with Crippen molar-refractivity contribution in [3.8, 4) is 0 Å². The van der Waals surface area contributed by atoms with Gasteiger partial charge in [-0.3, -0.25) is 4.68 Å². The van der Waals surface area contributed by atoms with E-state index in [2.05, 4.69) is 27.9 Å². The Morgan fingerprint density at radius 1 is 1.29 bits per heavy atom. The third-order valence-corrected chi connectivity index (χ3v) is 4.92. The first-order valence-corrected chi connectivity index (χ1v) is 8.73. The van der Waals surface area contributed by atoms with Crippen LogP contribution in [-0.4, -0.2) is 40.1 Å². The maximum Gasteiger partial charge on any atom is 0.315 e. The van der Waals surface area contributed by atoms with Crippen LogP contribution in [0.5, 0.6) is 0 Å². The predicted molar refractivity (Wildman–Crippen MR) is 93.8 cm³/mol. The number of aryl methyl sites for hydroxylation is 1. The molecule has 1 heterocycles. The topological polar surface area (TPSA) is 79.2 Å². The first kappa shape index (κ1) is 16.8.